The molecule has 0 saturated carbocycles. The summed E-state index contributed by atoms with van der Waals surface area (Å²) >= 11 is 5.93. The van der Waals surface area contributed by atoms with Crippen LogP contribution in [0.25, 0.3) is 0 Å². The molecule has 2 aromatic rings. The number of hydrogen-bond acceptors (Lipinski definition) is 4. The Morgan fingerprint density at radius 1 is 1.14 bits per heavy atom. The molecule has 6 nitrogen and oxygen atoms in total. The molecule has 1 aliphatic rings. The van der Waals surface area contributed by atoms with Gasteiger partial charge in [0.25, 0.3) is 0 Å². The molecule has 7 heteroatoms. The van der Waals surface area contributed by atoms with E-state index in [2.05, 4.69) is 10.6 Å². The second kappa shape index (κ2) is 9.47. The van der Waals surface area contributed by atoms with Crippen molar-refractivity contribution in [2.45, 2.75) is 32.4 Å². The Balaban J connectivity index is 1.95. The lowest BCUT2D eigenvalue weighted by atomic mass is 9.93. The van der Waals surface area contributed by atoms with Crippen LogP contribution in [0.4, 0.5) is 4.79 Å². The lowest BCUT2D eigenvalue weighted by Gasteiger charge is -2.30. The van der Waals surface area contributed by atoms with Gasteiger partial charge in [-0.3, -0.25) is 0 Å². The average molecular weight is 415 g/mol. The number of para-hydroxylation sites is 1. The zero-order valence-electron chi connectivity index (χ0n) is 16.3. The van der Waals surface area contributed by atoms with Gasteiger partial charge in [-0.05, 0) is 30.2 Å². The fraction of sp³-hybridized carbons (Fsp3) is 0.273. The maximum atomic E-state index is 12.5. The lowest BCUT2D eigenvalue weighted by Crippen LogP contribution is -2.46. The number of methoxy groups -OCH3 is 1. The molecule has 2 N–H and O–H groups in total. The van der Waals surface area contributed by atoms with Crippen molar-refractivity contribution < 1.29 is 19.1 Å². The molecule has 152 valence electrons. The van der Waals surface area contributed by atoms with Gasteiger partial charge in [0.2, 0.25) is 0 Å². The van der Waals surface area contributed by atoms with Crippen molar-refractivity contribution in [2.75, 3.05) is 7.11 Å². The minimum absolute atomic E-state index is 0.326. The third-order valence-corrected chi connectivity index (χ3v) is 4.85. The van der Waals surface area contributed by atoms with E-state index in [0.717, 1.165) is 12.0 Å². The highest BCUT2D eigenvalue weighted by Gasteiger charge is 2.34. The molecule has 0 saturated heterocycles. The summed E-state index contributed by atoms with van der Waals surface area (Å²) in [4.78, 5) is 24.8. The molecule has 0 aliphatic carbocycles. The summed E-state index contributed by atoms with van der Waals surface area (Å²) in [5.74, 6) is 0.0883. The Labute approximate surface area is 174 Å². The Morgan fingerprint density at radius 2 is 1.86 bits per heavy atom. The van der Waals surface area contributed by atoms with E-state index >= 15 is 0 Å². The fourth-order valence-corrected chi connectivity index (χ4v) is 3.37. The van der Waals surface area contributed by atoms with Gasteiger partial charge >= 0.3 is 12.0 Å². The van der Waals surface area contributed by atoms with E-state index in [-0.39, 0.29) is 6.03 Å². The van der Waals surface area contributed by atoms with Crippen LogP contribution in [0.3, 0.4) is 0 Å². The molecule has 3 rings (SSSR count). The minimum Gasteiger partial charge on any atom is -0.489 e. The number of ether oxygens (including phenoxy) is 2. The first-order valence-corrected chi connectivity index (χ1v) is 9.76. The third-order valence-electron chi connectivity index (χ3n) is 4.60. The SMILES string of the molecule is CCCC1=C(C(=O)OC)C(c2ccccc2OCc2ccc(Cl)cc2)NC(=O)N1. The van der Waals surface area contributed by atoms with E-state index in [1.54, 1.807) is 12.1 Å². The summed E-state index contributed by atoms with van der Waals surface area (Å²) < 4.78 is 11.0. The zero-order chi connectivity index (χ0) is 20.8. The first kappa shape index (κ1) is 20.7. The normalized spacial score (nSPS) is 16.1. The molecule has 29 heavy (non-hydrogen) atoms. The number of halogens is 1. The van der Waals surface area contributed by atoms with E-state index in [1.807, 2.05) is 43.3 Å². The molecule has 0 spiro atoms. The van der Waals surface area contributed by atoms with Gasteiger partial charge in [-0.1, -0.05) is 55.3 Å². The number of nitrogens with one attached hydrogen (secondary N) is 2. The smallest absolute Gasteiger partial charge is 0.337 e. The largest absolute Gasteiger partial charge is 0.489 e. The molecule has 0 aromatic heterocycles. The molecule has 1 heterocycles. The van der Waals surface area contributed by atoms with Gasteiger partial charge in [-0.2, -0.15) is 0 Å². The highest BCUT2D eigenvalue weighted by Crippen LogP contribution is 2.34. The fourth-order valence-electron chi connectivity index (χ4n) is 3.24. The van der Waals surface area contributed by atoms with Crippen LogP contribution in [-0.4, -0.2) is 19.1 Å². The number of urea groups is 1. The van der Waals surface area contributed by atoms with Gasteiger partial charge in [0.05, 0.1) is 18.7 Å². The monoisotopic (exact) mass is 414 g/mol. The summed E-state index contributed by atoms with van der Waals surface area (Å²) in [6.45, 7) is 2.31. The van der Waals surface area contributed by atoms with Gasteiger partial charge in [0, 0.05) is 16.3 Å². The van der Waals surface area contributed by atoms with Crippen molar-refractivity contribution in [1.29, 1.82) is 0 Å². The second-order valence-electron chi connectivity index (χ2n) is 6.62. The van der Waals surface area contributed by atoms with Crippen LogP contribution < -0.4 is 15.4 Å². The number of rotatable bonds is 7. The number of carbonyl (C=O) groups excluding carboxylic acids is 2. The molecule has 1 aliphatic heterocycles. The van der Waals surface area contributed by atoms with Crippen LogP contribution in [-0.2, 0) is 16.1 Å². The van der Waals surface area contributed by atoms with Crippen LogP contribution in [0.5, 0.6) is 5.75 Å². The number of benzene rings is 2. The summed E-state index contributed by atoms with van der Waals surface area (Å²) in [5, 5.41) is 6.22. The average Bonchev–Trinajstić information content (AvgIpc) is 2.73. The Hall–Kier alpha value is -2.99. The highest BCUT2D eigenvalue weighted by atomic mass is 35.5. The lowest BCUT2D eigenvalue weighted by molar-refractivity contribution is -0.136. The van der Waals surface area contributed by atoms with Crippen LogP contribution in [0.1, 0.15) is 36.9 Å². The summed E-state index contributed by atoms with van der Waals surface area (Å²) in [6, 6.07) is 13.7. The number of esters is 1. The summed E-state index contributed by atoms with van der Waals surface area (Å²) in [6.07, 6.45) is 1.33. The molecule has 0 bridgehead atoms. The Morgan fingerprint density at radius 3 is 2.55 bits per heavy atom. The standard InChI is InChI=1S/C22H23ClN2O4/c1-3-6-17-19(21(26)28-2)20(25-22(27)24-17)16-7-4-5-8-18(16)29-13-14-9-11-15(23)12-10-14/h4-5,7-12,20H,3,6,13H2,1-2H3,(H2,24,25,27). The summed E-state index contributed by atoms with van der Waals surface area (Å²) in [5.41, 5.74) is 2.59. The summed E-state index contributed by atoms with van der Waals surface area (Å²) in [7, 11) is 1.33. The molecule has 0 fully saturated rings. The second-order valence-corrected chi connectivity index (χ2v) is 7.05. The van der Waals surface area contributed by atoms with E-state index in [4.69, 9.17) is 21.1 Å². The van der Waals surface area contributed by atoms with Crippen molar-refractivity contribution in [1.82, 2.24) is 10.6 Å². The van der Waals surface area contributed by atoms with Crippen molar-refractivity contribution >= 4 is 23.6 Å². The van der Waals surface area contributed by atoms with E-state index in [1.165, 1.54) is 7.11 Å². The molecular weight excluding hydrogens is 392 g/mol. The maximum absolute atomic E-state index is 12.5. The van der Waals surface area contributed by atoms with Crippen molar-refractivity contribution in [2.24, 2.45) is 0 Å². The number of carbonyl (C=O) groups is 2. The predicted octanol–water partition coefficient (Wildman–Crippen LogP) is 4.50. The minimum atomic E-state index is -0.667. The van der Waals surface area contributed by atoms with E-state index in [9.17, 15) is 9.59 Å². The Bertz CT molecular complexity index is 925. The van der Waals surface area contributed by atoms with E-state index in [0.29, 0.717) is 40.6 Å². The first-order chi connectivity index (χ1) is 14.0. The van der Waals surface area contributed by atoms with Gasteiger partial charge < -0.3 is 20.1 Å². The predicted molar refractivity (Wildman–Crippen MR) is 111 cm³/mol. The zero-order valence-corrected chi connectivity index (χ0v) is 17.1. The number of amides is 2. The van der Waals surface area contributed by atoms with Crippen molar-refractivity contribution in [3.05, 3.63) is 76.0 Å². The first-order valence-electron chi connectivity index (χ1n) is 9.38. The molecular formula is C22H23ClN2O4. The van der Waals surface area contributed by atoms with Crippen molar-refractivity contribution in [3.8, 4) is 5.75 Å². The van der Waals surface area contributed by atoms with E-state index < -0.39 is 12.0 Å². The quantitative estimate of drug-likeness (QED) is 0.654. The van der Waals surface area contributed by atoms with Crippen LogP contribution in [0.15, 0.2) is 59.8 Å². The van der Waals surface area contributed by atoms with Gasteiger partial charge in [0.15, 0.2) is 0 Å². The molecule has 0 radical (unpaired) electrons. The molecule has 1 unspecified atom stereocenters. The molecule has 2 aromatic carbocycles. The Kier molecular flexibility index (Phi) is 6.77. The van der Waals surface area contributed by atoms with Gasteiger partial charge in [-0.15, -0.1) is 0 Å². The molecule has 2 amide bonds. The van der Waals surface area contributed by atoms with Crippen LogP contribution in [0.2, 0.25) is 5.02 Å². The topological polar surface area (TPSA) is 76.7 Å². The van der Waals surface area contributed by atoms with Crippen molar-refractivity contribution in [3.63, 3.8) is 0 Å². The van der Waals surface area contributed by atoms with Gasteiger partial charge in [0.1, 0.15) is 12.4 Å². The number of hydrogen-bond donors (Lipinski definition) is 2. The molecule has 1 atom stereocenters. The third kappa shape index (κ3) is 4.90. The van der Waals surface area contributed by atoms with Gasteiger partial charge in [-0.25, -0.2) is 9.59 Å². The van der Waals surface area contributed by atoms with Crippen LogP contribution >= 0.6 is 11.6 Å². The highest BCUT2D eigenvalue weighted by molar-refractivity contribution is 6.30. The maximum Gasteiger partial charge on any atom is 0.337 e. The van der Waals surface area contributed by atoms with Crippen LogP contribution in [0, 0.1) is 0 Å². The number of allylic oxidation sites excluding steroid dienone is 1.